The number of carboxylic acid groups (broad SMARTS) is 1. The van der Waals surface area contributed by atoms with Gasteiger partial charge in [0.15, 0.2) is 0 Å². The number of piperidine rings is 1. The molecule has 1 saturated heterocycles. The van der Waals surface area contributed by atoms with Crippen molar-refractivity contribution in [2.45, 2.75) is 24.2 Å². The molecule has 0 amide bonds. The zero-order valence-electron chi connectivity index (χ0n) is 11.1. The highest BCUT2D eigenvalue weighted by Crippen LogP contribution is 2.30. The Morgan fingerprint density at radius 3 is 2.76 bits per heavy atom. The number of sulfonamides is 1. The topological polar surface area (TPSA) is 74.7 Å². The van der Waals surface area contributed by atoms with Crippen molar-refractivity contribution in [1.82, 2.24) is 4.31 Å². The van der Waals surface area contributed by atoms with Crippen LogP contribution in [0.15, 0.2) is 23.1 Å². The SMILES string of the molecule is O=C(O)CC1CCCN(S(=O)(=O)c2cc(Cl)ccc2Cl)C1. The van der Waals surface area contributed by atoms with Crippen LogP contribution in [0.4, 0.5) is 0 Å². The van der Waals surface area contributed by atoms with Crippen LogP contribution >= 0.6 is 23.2 Å². The van der Waals surface area contributed by atoms with Crippen molar-refractivity contribution in [3.05, 3.63) is 28.2 Å². The van der Waals surface area contributed by atoms with Crippen LogP contribution in [0.25, 0.3) is 0 Å². The van der Waals surface area contributed by atoms with Crippen LogP contribution < -0.4 is 0 Å². The zero-order valence-corrected chi connectivity index (χ0v) is 13.5. The summed E-state index contributed by atoms with van der Waals surface area (Å²) in [4.78, 5) is 10.8. The summed E-state index contributed by atoms with van der Waals surface area (Å²) < 4.78 is 26.5. The van der Waals surface area contributed by atoms with Gasteiger partial charge in [-0.3, -0.25) is 4.79 Å². The first-order valence-electron chi connectivity index (χ1n) is 6.47. The number of aliphatic carboxylic acids is 1. The molecule has 0 aromatic heterocycles. The Morgan fingerprint density at radius 1 is 1.38 bits per heavy atom. The summed E-state index contributed by atoms with van der Waals surface area (Å²) in [5.74, 6) is -1.09. The first kappa shape index (κ1) is 16.5. The van der Waals surface area contributed by atoms with E-state index in [1.807, 2.05) is 0 Å². The maximum Gasteiger partial charge on any atom is 0.303 e. The molecule has 1 aromatic carbocycles. The van der Waals surface area contributed by atoms with Crippen LogP contribution in [0.1, 0.15) is 19.3 Å². The minimum Gasteiger partial charge on any atom is -0.481 e. The summed E-state index contributed by atoms with van der Waals surface area (Å²) in [6.07, 6.45) is 1.31. The lowest BCUT2D eigenvalue weighted by Crippen LogP contribution is -2.40. The molecule has 0 spiro atoms. The number of hydrogen-bond acceptors (Lipinski definition) is 3. The number of halogens is 2. The largest absolute Gasteiger partial charge is 0.481 e. The molecule has 1 aromatic rings. The van der Waals surface area contributed by atoms with Gasteiger partial charge < -0.3 is 5.11 Å². The number of carboxylic acids is 1. The van der Waals surface area contributed by atoms with Crippen LogP contribution in [0.2, 0.25) is 10.0 Å². The van der Waals surface area contributed by atoms with E-state index in [1.54, 1.807) is 0 Å². The molecule has 21 heavy (non-hydrogen) atoms. The summed E-state index contributed by atoms with van der Waals surface area (Å²) in [7, 11) is -3.76. The number of benzene rings is 1. The minimum absolute atomic E-state index is 0.0324. The predicted octanol–water partition coefficient (Wildman–Crippen LogP) is 2.87. The van der Waals surface area contributed by atoms with E-state index in [2.05, 4.69) is 0 Å². The summed E-state index contributed by atoms with van der Waals surface area (Å²) in [6, 6.07) is 4.28. The molecule has 5 nitrogen and oxygen atoms in total. The molecule has 1 heterocycles. The number of hydrogen-bond donors (Lipinski definition) is 1. The van der Waals surface area contributed by atoms with Crippen molar-refractivity contribution in [1.29, 1.82) is 0 Å². The second-order valence-corrected chi connectivity index (χ2v) is 7.79. The highest BCUT2D eigenvalue weighted by Gasteiger charge is 2.32. The van der Waals surface area contributed by atoms with Crippen molar-refractivity contribution >= 4 is 39.2 Å². The molecule has 1 aliphatic rings. The van der Waals surface area contributed by atoms with E-state index in [1.165, 1.54) is 22.5 Å². The fourth-order valence-corrected chi connectivity index (χ4v) is 4.76. The quantitative estimate of drug-likeness (QED) is 0.904. The third-order valence-electron chi connectivity index (χ3n) is 3.46. The highest BCUT2D eigenvalue weighted by atomic mass is 35.5. The van der Waals surface area contributed by atoms with Gasteiger partial charge in [0.2, 0.25) is 10.0 Å². The third kappa shape index (κ3) is 3.88. The second kappa shape index (κ2) is 6.52. The molecule has 1 aliphatic heterocycles. The van der Waals surface area contributed by atoms with Gasteiger partial charge in [-0.05, 0) is 37.0 Å². The van der Waals surface area contributed by atoms with Crippen molar-refractivity contribution in [2.24, 2.45) is 5.92 Å². The second-order valence-electron chi connectivity index (χ2n) is 5.04. The molecule has 0 saturated carbocycles. The Balaban J connectivity index is 2.26. The highest BCUT2D eigenvalue weighted by molar-refractivity contribution is 7.89. The van der Waals surface area contributed by atoms with Gasteiger partial charge in [0.1, 0.15) is 4.90 Å². The molecule has 1 atom stereocenters. The average molecular weight is 352 g/mol. The molecule has 116 valence electrons. The Kier molecular flexibility index (Phi) is 5.14. The molecular weight excluding hydrogens is 337 g/mol. The molecule has 0 radical (unpaired) electrons. The maximum absolute atomic E-state index is 12.6. The van der Waals surface area contributed by atoms with E-state index in [-0.39, 0.29) is 33.8 Å². The Morgan fingerprint density at radius 2 is 2.10 bits per heavy atom. The smallest absolute Gasteiger partial charge is 0.303 e. The van der Waals surface area contributed by atoms with Gasteiger partial charge in [0, 0.05) is 24.5 Å². The average Bonchev–Trinajstić information content (AvgIpc) is 2.41. The fourth-order valence-electron chi connectivity index (χ4n) is 2.47. The molecule has 0 bridgehead atoms. The van der Waals surface area contributed by atoms with Crippen molar-refractivity contribution in [3.8, 4) is 0 Å². The predicted molar refractivity (Wildman–Crippen MR) is 80.2 cm³/mol. The van der Waals surface area contributed by atoms with E-state index in [0.717, 1.165) is 0 Å². The van der Waals surface area contributed by atoms with Crippen LogP contribution in [0.3, 0.4) is 0 Å². The number of rotatable bonds is 4. The van der Waals surface area contributed by atoms with Crippen molar-refractivity contribution in [2.75, 3.05) is 13.1 Å². The van der Waals surface area contributed by atoms with Gasteiger partial charge in [-0.25, -0.2) is 8.42 Å². The van der Waals surface area contributed by atoms with Gasteiger partial charge >= 0.3 is 5.97 Å². The lowest BCUT2D eigenvalue weighted by molar-refractivity contribution is -0.138. The number of nitrogens with zero attached hydrogens (tertiary/aromatic N) is 1. The summed E-state index contributed by atoms with van der Waals surface area (Å²) >= 11 is 11.8. The standard InChI is InChI=1S/C13H15Cl2NO4S/c14-10-3-4-11(15)12(7-10)21(19,20)16-5-1-2-9(8-16)6-13(17)18/h3-4,7,9H,1-2,5-6,8H2,(H,17,18). The molecule has 8 heteroatoms. The normalized spacial score (nSPS) is 20.4. The Bertz CT molecular complexity index is 648. The summed E-state index contributed by atoms with van der Waals surface area (Å²) in [5, 5.41) is 9.25. The lowest BCUT2D eigenvalue weighted by Gasteiger charge is -2.31. The molecule has 1 N–H and O–H groups in total. The molecule has 2 rings (SSSR count). The van der Waals surface area contributed by atoms with E-state index >= 15 is 0 Å². The first-order chi connectivity index (χ1) is 9.80. The van der Waals surface area contributed by atoms with Gasteiger partial charge in [-0.1, -0.05) is 23.2 Å². The van der Waals surface area contributed by atoms with E-state index in [0.29, 0.717) is 19.4 Å². The minimum atomic E-state index is -3.76. The lowest BCUT2D eigenvalue weighted by atomic mass is 9.96. The van der Waals surface area contributed by atoms with E-state index in [4.69, 9.17) is 28.3 Å². The molecule has 0 aliphatic carbocycles. The zero-order chi connectivity index (χ0) is 15.6. The van der Waals surface area contributed by atoms with Gasteiger partial charge in [0.05, 0.1) is 5.02 Å². The summed E-state index contributed by atoms with van der Waals surface area (Å²) in [6.45, 7) is 0.554. The Hall–Kier alpha value is -0.820. The molecular formula is C13H15Cl2NO4S. The van der Waals surface area contributed by atoms with E-state index < -0.39 is 16.0 Å². The van der Waals surface area contributed by atoms with Crippen molar-refractivity contribution in [3.63, 3.8) is 0 Å². The third-order valence-corrected chi connectivity index (χ3v) is 6.04. The summed E-state index contributed by atoms with van der Waals surface area (Å²) in [5.41, 5.74) is 0. The number of carbonyl (C=O) groups is 1. The van der Waals surface area contributed by atoms with Gasteiger partial charge in [-0.2, -0.15) is 4.31 Å². The monoisotopic (exact) mass is 351 g/mol. The first-order valence-corrected chi connectivity index (χ1v) is 8.67. The van der Waals surface area contributed by atoms with Crippen LogP contribution in [-0.4, -0.2) is 36.9 Å². The van der Waals surface area contributed by atoms with E-state index in [9.17, 15) is 13.2 Å². The van der Waals surface area contributed by atoms with Crippen LogP contribution in [-0.2, 0) is 14.8 Å². The molecule has 1 unspecified atom stereocenters. The Labute approximate surface area is 133 Å². The van der Waals surface area contributed by atoms with Crippen molar-refractivity contribution < 1.29 is 18.3 Å². The van der Waals surface area contributed by atoms with Crippen LogP contribution in [0, 0.1) is 5.92 Å². The molecule has 1 fully saturated rings. The van der Waals surface area contributed by atoms with Gasteiger partial charge in [0.25, 0.3) is 0 Å². The maximum atomic E-state index is 12.6. The van der Waals surface area contributed by atoms with Gasteiger partial charge in [-0.15, -0.1) is 0 Å². The fraction of sp³-hybridized carbons (Fsp3) is 0.462. The van der Waals surface area contributed by atoms with Crippen LogP contribution in [0.5, 0.6) is 0 Å².